The second-order valence-corrected chi connectivity index (χ2v) is 7.18. The average Bonchev–Trinajstić information content (AvgIpc) is 3.11. The smallest absolute Gasteiger partial charge is 0.238 e. The SMILES string of the molecule is COc1ccc(N2C(=O)CS[C@H]2c2ccc(Oc3ccccc3)cc2)cc1. The summed E-state index contributed by atoms with van der Waals surface area (Å²) in [6.45, 7) is 0. The molecule has 1 atom stereocenters. The Hall–Kier alpha value is -2.92. The average molecular weight is 377 g/mol. The van der Waals surface area contributed by atoms with Gasteiger partial charge in [0.2, 0.25) is 5.91 Å². The third-order valence-electron chi connectivity index (χ3n) is 4.36. The van der Waals surface area contributed by atoms with Gasteiger partial charge in [-0.25, -0.2) is 0 Å². The Labute approximate surface area is 162 Å². The minimum Gasteiger partial charge on any atom is -0.497 e. The van der Waals surface area contributed by atoms with Crippen molar-refractivity contribution in [3.8, 4) is 17.2 Å². The van der Waals surface area contributed by atoms with Crippen LogP contribution in [0.5, 0.6) is 17.2 Å². The van der Waals surface area contributed by atoms with Crippen LogP contribution >= 0.6 is 11.8 Å². The summed E-state index contributed by atoms with van der Waals surface area (Å²) < 4.78 is 11.1. The van der Waals surface area contributed by atoms with Crippen LogP contribution in [0, 0.1) is 0 Å². The van der Waals surface area contributed by atoms with Crippen LogP contribution in [0.25, 0.3) is 0 Å². The van der Waals surface area contributed by atoms with E-state index in [1.807, 2.05) is 83.8 Å². The molecule has 0 saturated carbocycles. The topological polar surface area (TPSA) is 38.8 Å². The highest BCUT2D eigenvalue weighted by Gasteiger charge is 2.34. The molecule has 0 unspecified atom stereocenters. The summed E-state index contributed by atoms with van der Waals surface area (Å²) in [5.74, 6) is 2.93. The number of ether oxygens (including phenoxy) is 2. The summed E-state index contributed by atoms with van der Waals surface area (Å²) in [7, 11) is 1.63. The molecule has 1 amide bonds. The molecule has 1 fully saturated rings. The third kappa shape index (κ3) is 3.78. The van der Waals surface area contributed by atoms with E-state index in [1.54, 1.807) is 18.9 Å². The first-order chi connectivity index (χ1) is 13.2. The quantitative estimate of drug-likeness (QED) is 0.607. The van der Waals surface area contributed by atoms with Crippen molar-refractivity contribution in [2.45, 2.75) is 5.37 Å². The van der Waals surface area contributed by atoms with Crippen LogP contribution < -0.4 is 14.4 Å². The highest BCUT2D eigenvalue weighted by atomic mass is 32.2. The van der Waals surface area contributed by atoms with Gasteiger partial charge in [0.25, 0.3) is 0 Å². The summed E-state index contributed by atoms with van der Waals surface area (Å²) in [4.78, 5) is 14.3. The zero-order chi connectivity index (χ0) is 18.6. The summed E-state index contributed by atoms with van der Waals surface area (Å²) >= 11 is 1.63. The number of carbonyl (C=O) groups is 1. The van der Waals surface area contributed by atoms with E-state index in [9.17, 15) is 4.79 Å². The molecule has 3 aromatic carbocycles. The van der Waals surface area contributed by atoms with E-state index < -0.39 is 0 Å². The first kappa shape index (κ1) is 17.5. The Kier molecular flexibility index (Phi) is 5.03. The van der Waals surface area contributed by atoms with Crippen molar-refractivity contribution in [3.63, 3.8) is 0 Å². The lowest BCUT2D eigenvalue weighted by atomic mass is 10.1. The summed E-state index contributed by atoms with van der Waals surface area (Å²) in [6, 6.07) is 25.2. The summed E-state index contributed by atoms with van der Waals surface area (Å²) in [5, 5.41) is -0.0447. The van der Waals surface area contributed by atoms with Crippen molar-refractivity contribution in [1.82, 2.24) is 0 Å². The minimum atomic E-state index is -0.0447. The predicted molar refractivity (Wildman–Crippen MR) is 109 cm³/mol. The first-order valence-corrected chi connectivity index (χ1v) is 9.70. The molecule has 4 rings (SSSR count). The van der Waals surface area contributed by atoms with Gasteiger partial charge in [0.1, 0.15) is 22.6 Å². The molecule has 27 heavy (non-hydrogen) atoms. The molecule has 0 spiro atoms. The number of hydrogen-bond donors (Lipinski definition) is 0. The second-order valence-electron chi connectivity index (χ2n) is 6.11. The third-order valence-corrected chi connectivity index (χ3v) is 5.57. The maximum absolute atomic E-state index is 12.5. The molecule has 0 radical (unpaired) electrons. The van der Waals surface area contributed by atoms with Crippen LogP contribution in [0.3, 0.4) is 0 Å². The van der Waals surface area contributed by atoms with Crippen LogP contribution in [0.2, 0.25) is 0 Å². The van der Waals surface area contributed by atoms with E-state index in [-0.39, 0.29) is 11.3 Å². The largest absolute Gasteiger partial charge is 0.497 e. The second kappa shape index (κ2) is 7.76. The number of para-hydroxylation sites is 1. The van der Waals surface area contributed by atoms with Gasteiger partial charge < -0.3 is 9.47 Å². The number of amides is 1. The van der Waals surface area contributed by atoms with E-state index in [1.165, 1.54) is 0 Å². The van der Waals surface area contributed by atoms with Crippen molar-refractivity contribution in [2.24, 2.45) is 0 Å². The van der Waals surface area contributed by atoms with Gasteiger partial charge in [0.15, 0.2) is 0 Å². The number of nitrogens with zero attached hydrogens (tertiary/aromatic N) is 1. The number of rotatable bonds is 5. The van der Waals surface area contributed by atoms with Gasteiger partial charge in [-0.1, -0.05) is 30.3 Å². The zero-order valence-corrected chi connectivity index (χ0v) is 15.7. The maximum Gasteiger partial charge on any atom is 0.238 e. The van der Waals surface area contributed by atoms with Gasteiger partial charge >= 0.3 is 0 Å². The van der Waals surface area contributed by atoms with Crippen molar-refractivity contribution >= 4 is 23.4 Å². The van der Waals surface area contributed by atoms with Gasteiger partial charge in [-0.2, -0.15) is 0 Å². The molecule has 1 aliphatic rings. The molecule has 4 nitrogen and oxygen atoms in total. The summed E-state index contributed by atoms with van der Waals surface area (Å²) in [5.41, 5.74) is 1.95. The fraction of sp³-hybridized carbons (Fsp3) is 0.136. The highest BCUT2D eigenvalue weighted by Crippen LogP contribution is 2.42. The normalized spacial score (nSPS) is 16.4. The Morgan fingerprint density at radius 3 is 2.15 bits per heavy atom. The lowest BCUT2D eigenvalue weighted by Gasteiger charge is -2.24. The highest BCUT2D eigenvalue weighted by molar-refractivity contribution is 8.00. The number of methoxy groups -OCH3 is 1. The number of hydrogen-bond acceptors (Lipinski definition) is 4. The predicted octanol–water partition coefficient (Wildman–Crippen LogP) is 5.27. The molecule has 0 aliphatic carbocycles. The lowest BCUT2D eigenvalue weighted by Crippen LogP contribution is -2.27. The molecule has 5 heteroatoms. The van der Waals surface area contributed by atoms with Gasteiger partial charge in [0, 0.05) is 5.69 Å². The van der Waals surface area contributed by atoms with E-state index in [0.717, 1.165) is 28.5 Å². The molecule has 1 aliphatic heterocycles. The lowest BCUT2D eigenvalue weighted by molar-refractivity contribution is -0.115. The van der Waals surface area contributed by atoms with E-state index in [0.29, 0.717) is 5.75 Å². The zero-order valence-electron chi connectivity index (χ0n) is 14.9. The molecular weight excluding hydrogens is 358 g/mol. The fourth-order valence-electron chi connectivity index (χ4n) is 3.02. The van der Waals surface area contributed by atoms with E-state index in [2.05, 4.69) is 0 Å². The Morgan fingerprint density at radius 2 is 1.48 bits per heavy atom. The number of carbonyl (C=O) groups excluding carboxylic acids is 1. The molecular formula is C22H19NO3S. The minimum absolute atomic E-state index is 0.0447. The van der Waals surface area contributed by atoms with E-state index >= 15 is 0 Å². The Morgan fingerprint density at radius 1 is 0.852 bits per heavy atom. The molecule has 0 aromatic heterocycles. The number of benzene rings is 3. The van der Waals surface area contributed by atoms with Crippen LogP contribution in [0.1, 0.15) is 10.9 Å². The van der Waals surface area contributed by atoms with Crippen molar-refractivity contribution in [3.05, 3.63) is 84.4 Å². The van der Waals surface area contributed by atoms with Gasteiger partial charge in [-0.15, -0.1) is 11.8 Å². The molecule has 1 heterocycles. The Balaban J connectivity index is 1.55. The summed E-state index contributed by atoms with van der Waals surface area (Å²) in [6.07, 6.45) is 0. The van der Waals surface area contributed by atoms with Crippen molar-refractivity contribution in [2.75, 3.05) is 17.8 Å². The maximum atomic E-state index is 12.5. The fourth-order valence-corrected chi connectivity index (χ4v) is 4.20. The van der Waals surface area contributed by atoms with Gasteiger partial charge in [0.05, 0.1) is 12.9 Å². The molecule has 3 aromatic rings. The van der Waals surface area contributed by atoms with E-state index in [4.69, 9.17) is 9.47 Å². The van der Waals surface area contributed by atoms with Crippen molar-refractivity contribution in [1.29, 1.82) is 0 Å². The van der Waals surface area contributed by atoms with Gasteiger partial charge in [-0.05, 0) is 54.1 Å². The molecule has 0 N–H and O–H groups in total. The number of anilines is 1. The van der Waals surface area contributed by atoms with Crippen LogP contribution in [0.4, 0.5) is 5.69 Å². The Bertz CT molecular complexity index is 911. The first-order valence-electron chi connectivity index (χ1n) is 8.65. The van der Waals surface area contributed by atoms with Crippen molar-refractivity contribution < 1.29 is 14.3 Å². The molecule has 136 valence electrons. The van der Waals surface area contributed by atoms with Gasteiger partial charge in [-0.3, -0.25) is 9.69 Å². The van der Waals surface area contributed by atoms with Crippen LogP contribution in [-0.2, 0) is 4.79 Å². The molecule has 1 saturated heterocycles. The number of thioether (sulfide) groups is 1. The monoisotopic (exact) mass is 377 g/mol. The standard InChI is InChI=1S/C22H19NO3S/c1-25-18-13-9-17(10-14-18)23-21(24)15-27-22(23)16-7-11-20(12-8-16)26-19-5-3-2-4-6-19/h2-14,22H,15H2,1H3/t22-/m0/s1. The van der Waals surface area contributed by atoms with Crippen LogP contribution in [0.15, 0.2) is 78.9 Å². The van der Waals surface area contributed by atoms with Crippen LogP contribution in [-0.4, -0.2) is 18.8 Å². The molecule has 0 bridgehead atoms.